The quantitative estimate of drug-likeness (QED) is 0.813. The van der Waals surface area contributed by atoms with Gasteiger partial charge in [0.1, 0.15) is 5.82 Å². The lowest BCUT2D eigenvalue weighted by Gasteiger charge is -2.12. The second-order valence-corrected chi connectivity index (χ2v) is 4.92. The maximum Gasteiger partial charge on any atom is 0.416 e. The lowest BCUT2D eigenvalue weighted by atomic mass is 10.1. The molecule has 0 bridgehead atoms. The molecule has 0 atom stereocenters. The minimum atomic E-state index is -4.55. The lowest BCUT2D eigenvalue weighted by Crippen LogP contribution is -2.16. The van der Waals surface area contributed by atoms with Crippen LogP contribution < -0.4 is 5.32 Å². The molecule has 0 aliphatic heterocycles. The van der Waals surface area contributed by atoms with Crippen molar-refractivity contribution in [1.29, 1.82) is 0 Å². The number of anilines is 1. The molecule has 116 valence electrons. The zero-order valence-corrected chi connectivity index (χ0v) is 11.8. The van der Waals surface area contributed by atoms with Gasteiger partial charge in [-0.05, 0) is 29.8 Å². The Kier molecular flexibility index (Phi) is 4.71. The number of benzene rings is 2. The molecule has 22 heavy (non-hydrogen) atoms. The van der Waals surface area contributed by atoms with Gasteiger partial charge < -0.3 is 5.32 Å². The van der Waals surface area contributed by atoms with Crippen LogP contribution in [0.1, 0.15) is 11.1 Å². The van der Waals surface area contributed by atoms with Gasteiger partial charge in [0.05, 0.1) is 22.7 Å². The van der Waals surface area contributed by atoms with Gasteiger partial charge >= 0.3 is 6.18 Å². The van der Waals surface area contributed by atoms with Gasteiger partial charge in [-0.2, -0.15) is 13.2 Å². The van der Waals surface area contributed by atoms with Gasteiger partial charge in [-0.25, -0.2) is 4.39 Å². The Balaban J connectivity index is 2.17. The van der Waals surface area contributed by atoms with Gasteiger partial charge in [-0.15, -0.1) is 0 Å². The zero-order valence-electron chi connectivity index (χ0n) is 11.0. The number of rotatable bonds is 3. The van der Waals surface area contributed by atoms with Crippen LogP contribution in [-0.4, -0.2) is 5.91 Å². The second-order valence-electron chi connectivity index (χ2n) is 4.51. The van der Waals surface area contributed by atoms with Crippen LogP contribution in [-0.2, 0) is 17.4 Å². The minimum absolute atomic E-state index is 0.0325. The highest BCUT2D eigenvalue weighted by molar-refractivity contribution is 6.33. The molecule has 0 aromatic heterocycles. The highest BCUT2D eigenvalue weighted by Gasteiger charge is 2.31. The Bertz CT molecular complexity index is 700. The van der Waals surface area contributed by atoms with E-state index >= 15 is 0 Å². The van der Waals surface area contributed by atoms with Crippen LogP contribution in [0.3, 0.4) is 0 Å². The summed E-state index contributed by atoms with van der Waals surface area (Å²) in [5.74, 6) is -1.22. The average molecular weight is 332 g/mol. The Morgan fingerprint density at radius 1 is 1.14 bits per heavy atom. The molecule has 2 nitrogen and oxygen atoms in total. The van der Waals surface area contributed by atoms with E-state index in [2.05, 4.69) is 5.32 Å². The summed E-state index contributed by atoms with van der Waals surface area (Å²) in [6.45, 7) is 0. The van der Waals surface area contributed by atoms with E-state index in [0.29, 0.717) is 0 Å². The maximum atomic E-state index is 13.4. The molecule has 1 amide bonds. The van der Waals surface area contributed by atoms with E-state index < -0.39 is 23.5 Å². The van der Waals surface area contributed by atoms with Crippen molar-refractivity contribution >= 4 is 23.2 Å². The van der Waals surface area contributed by atoms with E-state index in [9.17, 15) is 22.4 Å². The molecule has 0 spiro atoms. The van der Waals surface area contributed by atoms with Crippen LogP contribution >= 0.6 is 11.6 Å². The van der Waals surface area contributed by atoms with E-state index in [1.807, 2.05) is 0 Å². The summed E-state index contributed by atoms with van der Waals surface area (Å²) in [6, 6.07) is 8.24. The summed E-state index contributed by atoms with van der Waals surface area (Å²) in [6.07, 6.45) is -4.85. The molecule has 0 aliphatic rings. The van der Waals surface area contributed by atoms with E-state index in [0.717, 1.165) is 18.2 Å². The van der Waals surface area contributed by atoms with Crippen molar-refractivity contribution in [3.05, 3.63) is 64.4 Å². The van der Waals surface area contributed by atoms with Gasteiger partial charge in [-0.3, -0.25) is 4.79 Å². The highest BCUT2D eigenvalue weighted by atomic mass is 35.5. The van der Waals surface area contributed by atoms with E-state index in [1.54, 1.807) is 6.07 Å². The molecule has 0 radical (unpaired) electrons. The normalized spacial score (nSPS) is 11.3. The summed E-state index contributed by atoms with van der Waals surface area (Å²) < 4.78 is 51.3. The van der Waals surface area contributed by atoms with Gasteiger partial charge in [0.25, 0.3) is 0 Å². The van der Waals surface area contributed by atoms with Crippen LogP contribution in [0.2, 0.25) is 5.02 Å². The second kappa shape index (κ2) is 6.36. The van der Waals surface area contributed by atoms with Gasteiger partial charge in [-0.1, -0.05) is 29.8 Å². The monoisotopic (exact) mass is 331 g/mol. The number of halogens is 5. The van der Waals surface area contributed by atoms with Crippen LogP contribution in [0.15, 0.2) is 42.5 Å². The fourth-order valence-corrected chi connectivity index (χ4v) is 1.97. The van der Waals surface area contributed by atoms with Crippen molar-refractivity contribution in [3.63, 3.8) is 0 Å². The average Bonchev–Trinajstić information content (AvgIpc) is 2.42. The SMILES string of the molecule is O=C(Cc1ccccc1F)Nc1cc(C(F)(F)F)ccc1Cl. The molecule has 2 aromatic rings. The van der Waals surface area contributed by atoms with Gasteiger partial charge in [0.15, 0.2) is 0 Å². The molecular weight excluding hydrogens is 322 g/mol. The van der Waals surface area contributed by atoms with Gasteiger partial charge in [0.2, 0.25) is 5.91 Å². The number of alkyl halides is 3. The summed E-state index contributed by atoms with van der Waals surface area (Å²) in [5.41, 5.74) is -0.959. The molecule has 2 aromatic carbocycles. The number of hydrogen-bond acceptors (Lipinski definition) is 1. The molecule has 0 saturated carbocycles. The molecule has 0 heterocycles. The molecule has 0 saturated heterocycles. The fraction of sp³-hybridized carbons (Fsp3) is 0.133. The summed E-state index contributed by atoms with van der Waals surface area (Å²) >= 11 is 5.77. The third kappa shape index (κ3) is 3.98. The first-order valence-corrected chi connectivity index (χ1v) is 6.55. The Morgan fingerprint density at radius 2 is 1.82 bits per heavy atom. The number of carbonyl (C=O) groups is 1. The third-order valence-electron chi connectivity index (χ3n) is 2.88. The van der Waals surface area contributed by atoms with Crippen molar-refractivity contribution in [3.8, 4) is 0 Å². The third-order valence-corrected chi connectivity index (χ3v) is 3.21. The Morgan fingerprint density at radius 3 is 2.45 bits per heavy atom. The molecule has 0 unspecified atom stereocenters. The van der Waals surface area contributed by atoms with Crippen molar-refractivity contribution in [2.45, 2.75) is 12.6 Å². The van der Waals surface area contributed by atoms with Crippen molar-refractivity contribution in [2.24, 2.45) is 0 Å². The van der Waals surface area contributed by atoms with Crippen LogP contribution in [0.5, 0.6) is 0 Å². The van der Waals surface area contributed by atoms with Crippen molar-refractivity contribution < 1.29 is 22.4 Å². The number of nitrogens with one attached hydrogen (secondary N) is 1. The van der Waals surface area contributed by atoms with Crippen LogP contribution in [0, 0.1) is 5.82 Å². The highest BCUT2D eigenvalue weighted by Crippen LogP contribution is 2.33. The summed E-state index contributed by atoms with van der Waals surface area (Å²) in [4.78, 5) is 11.8. The molecule has 0 fully saturated rings. The van der Waals surface area contributed by atoms with Crippen LogP contribution in [0.25, 0.3) is 0 Å². The first kappa shape index (κ1) is 16.3. The van der Waals surface area contributed by atoms with Crippen molar-refractivity contribution in [2.75, 3.05) is 5.32 Å². The molecule has 2 rings (SSSR count). The van der Waals surface area contributed by atoms with Gasteiger partial charge in [0, 0.05) is 0 Å². The number of carbonyl (C=O) groups excluding carboxylic acids is 1. The lowest BCUT2D eigenvalue weighted by molar-refractivity contribution is -0.137. The minimum Gasteiger partial charge on any atom is -0.324 e. The smallest absolute Gasteiger partial charge is 0.324 e. The van der Waals surface area contributed by atoms with Crippen molar-refractivity contribution in [1.82, 2.24) is 0 Å². The molecular formula is C15H10ClF4NO. The molecule has 7 heteroatoms. The topological polar surface area (TPSA) is 29.1 Å². The van der Waals surface area contributed by atoms with E-state index in [1.165, 1.54) is 18.2 Å². The number of amides is 1. The standard InChI is InChI=1S/C15H10ClF4NO/c16-11-6-5-10(15(18,19)20)8-13(11)21-14(22)7-9-3-1-2-4-12(9)17/h1-6,8H,7H2,(H,21,22). The predicted molar refractivity (Wildman–Crippen MR) is 75.2 cm³/mol. The van der Waals surface area contributed by atoms with E-state index in [4.69, 9.17) is 11.6 Å². The predicted octanol–water partition coefficient (Wildman–Crippen LogP) is 4.68. The van der Waals surface area contributed by atoms with Crippen LogP contribution in [0.4, 0.5) is 23.2 Å². The number of hydrogen-bond donors (Lipinski definition) is 1. The first-order chi connectivity index (χ1) is 10.3. The zero-order chi connectivity index (χ0) is 16.3. The Hall–Kier alpha value is -2.08. The largest absolute Gasteiger partial charge is 0.416 e. The molecule has 0 aliphatic carbocycles. The maximum absolute atomic E-state index is 13.4. The first-order valence-electron chi connectivity index (χ1n) is 6.17. The summed E-state index contributed by atoms with van der Waals surface area (Å²) in [5, 5.41) is 2.23. The summed E-state index contributed by atoms with van der Waals surface area (Å²) in [7, 11) is 0. The Labute approximate surface area is 128 Å². The fourth-order valence-electron chi connectivity index (χ4n) is 1.81. The molecule has 1 N–H and O–H groups in total. The van der Waals surface area contributed by atoms with E-state index in [-0.39, 0.29) is 22.7 Å².